The van der Waals surface area contributed by atoms with Gasteiger partial charge in [0.1, 0.15) is 12.1 Å². The number of rotatable bonds is 5. The molecule has 0 unspecified atom stereocenters. The molecule has 2 aromatic carbocycles. The Morgan fingerprint density at radius 1 is 0.966 bits per heavy atom. The number of carbonyl (C=O) groups is 1. The van der Waals surface area contributed by atoms with Gasteiger partial charge in [0.25, 0.3) is 5.91 Å². The van der Waals surface area contributed by atoms with Crippen LogP contribution in [-0.4, -0.2) is 35.1 Å². The van der Waals surface area contributed by atoms with Crippen LogP contribution in [0.3, 0.4) is 0 Å². The smallest absolute Gasteiger partial charge is 0.255 e. The second-order valence-corrected chi connectivity index (χ2v) is 8.17. The zero-order valence-electron chi connectivity index (χ0n) is 15.4. The summed E-state index contributed by atoms with van der Waals surface area (Å²) < 4.78 is 26.9. The van der Waals surface area contributed by atoms with Gasteiger partial charge in [-0.1, -0.05) is 18.2 Å². The molecule has 0 saturated carbocycles. The number of aromatic nitrogens is 3. The Labute approximate surface area is 167 Å². The van der Waals surface area contributed by atoms with Crippen LogP contribution in [0.15, 0.2) is 73.2 Å². The number of pyridine rings is 1. The quantitative estimate of drug-likeness (QED) is 0.529. The van der Waals surface area contributed by atoms with Crippen molar-refractivity contribution in [3.05, 3.63) is 78.8 Å². The van der Waals surface area contributed by atoms with Crippen LogP contribution < -0.4 is 10.0 Å². The topological polar surface area (TPSA) is 106 Å². The van der Waals surface area contributed by atoms with Crippen molar-refractivity contribution in [2.24, 2.45) is 0 Å². The number of hydrogen-bond donors (Lipinski definition) is 2. The average Bonchev–Trinajstić information content (AvgIpc) is 3.12. The monoisotopic (exact) mass is 407 g/mol. The van der Waals surface area contributed by atoms with Crippen LogP contribution in [-0.2, 0) is 10.0 Å². The predicted octanol–water partition coefficient (Wildman–Crippen LogP) is 3.04. The molecule has 9 heteroatoms. The number of nitrogens with one attached hydrogen (secondary N) is 2. The summed E-state index contributed by atoms with van der Waals surface area (Å²) >= 11 is 0. The normalized spacial score (nSPS) is 11.3. The summed E-state index contributed by atoms with van der Waals surface area (Å²) in [7, 11) is -3.42. The van der Waals surface area contributed by atoms with Crippen molar-refractivity contribution < 1.29 is 13.2 Å². The molecule has 4 rings (SSSR count). The van der Waals surface area contributed by atoms with Crippen LogP contribution in [0.4, 0.5) is 11.4 Å². The largest absolute Gasteiger partial charge is 0.321 e. The van der Waals surface area contributed by atoms with Gasteiger partial charge in [0, 0.05) is 11.3 Å². The molecule has 0 spiro atoms. The summed E-state index contributed by atoms with van der Waals surface area (Å²) in [5, 5.41) is 2.75. The van der Waals surface area contributed by atoms with Crippen molar-refractivity contribution in [2.75, 3.05) is 16.3 Å². The van der Waals surface area contributed by atoms with Gasteiger partial charge in [-0.15, -0.1) is 0 Å². The van der Waals surface area contributed by atoms with Crippen molar-refractivity contribution in [1.82, 2.24) is 14.5 Å². The summed E-state index contributed by atoms with van der Waals surface area (Å²) in [6.45, 7) is 0. The summed E-state index contributed by atoms with van der Waals surface area (Å²) in [4.78, 5) is 21.2. The van der Waals surface area contributed by atoms with Crippen LogP contribution in [0.5, 0.6) is 0 Å². The van der Waals surface area contributed by atoms with Gasteiger partial charge < -0.3 is 5.32 Å². The Bertz CT molecular complexity index is 1300. The molecule has 0 radical (unpaired) electrons. The van der Waals surface area contributed by atoms with Crippen LogP contribution in [0, 0.1) is 0 Å². The Kier molecular flexibility index (Phi) is 4.73. The summed E-state index contributed by atoms with van der Waals surface area (Å²) in [5.41, 5.74) is 2.97. The third kappa shape index (κ3) is 4.25. The highest BCUT2D eigenvalue weighted by molar-refractivity contribution is 7.92. The lowest BCUT2D eigenvalue weighted by Gasteiger charge is -2.09. The number of anilines is 2. The van der Waals surface area contributed by atoms with E-state index < -0.39 is 10.0 Å². The van der Waals surface area contributed by atoms with Crippen molar-refractivity contribution in [2.45, 2.75) is 0 Å². The van der Waals surface area contributed by atoms with E-state index >= 15 is 0 Å². The van der Waals surface area contributed by atoms with Crippen molar-refractivity contribution >= 4 is 38.3 Å². The van der Waals surface area contributed by atoms with E-state index in [0.29, 0.717) is 22.8 Å². The van der Waals surface area contributed by atoms with Gasteiger partial charge in [0.2, 0.25) is 10.0 Å². The molecule has 4 aromatic rings. The van der Waals surface area contributed by atoms with Crippen LogP contribution in [0.25, 0.3) is 16.9 Å². The highest BCUT2D eigenvalue weighted by atomic mass is 32.2. The lowest BCUT2D eigenvalue weighted by molar-refractivity contribution is 0.102. The molecule has 0 aliphatic carbocycles. The van der Waals surface area contributed by atoms with Crippen molar-refractivity contribution in [1.29, 1.82) is 0 Å². The highest BCUT2D eigenvalue weighted by Gasteiger charge is 2.10. The van der Waals surface area contributed by atoms with Gasteiger partial charge in [0.05, 0.1) is 29.2 Å². The molecule has 0 saturated heterocycles. The van der Waals surface area contributed by atoms with Gasteiger partial charge in [-0.05, 0) is 42.5 Å². The number of imidazole rings is 1. The maximum atomic E-state index is 12.5. The molecule has 0 aliphatic rings. The fourth-order valence-corrected chi connectivity index (χ4v) is 3.44. The first-order valence-corrected chi connectivity index (χ1v) is 10.6. The van der Waals surface area contributed by atoms with Gasteiger partial charge in [0.15, 0.2) is 0 Å². The lowest BCUT2D eigenvalue weighted by atomic mass is 10.2. The molecule has 2 heterocycles. The number of hydrogen-bond acceptors (Lipinski definition) is 5. The first kappa shape index (κ1) is 18.6. The number of amides is 1. The first-order chi connectivity index (χ1) is 13.9. The standard InChI is InChI=1S/C20H17N5O3S/c1-29(27,28)24-15-6-4-5-14(11-15)20(26)23-16-9-10-19(21-12-16)25-13-22-17-7-2-3-8-18(17)25/h2-13,24H,1H3,(H,23,26). The fraction of sp³-hybridized carbons (Fsp3) is 0.0500. The number of sulfonamides is 1. The summed E-state index contributed by atoms with van der Waals surface area (Å²) in [6.07, 6.45) is 4.31. The Balaban J connectivity index is 1.52. The Morgan fingerprint density at radius 2 is 1.79 bits per heavy atom. The number of benzene rings is 2. The number of fused-ring (bicyclic) bond motifs is 1. The Morgan fingerprint density at radius 3 is 2.55 bits per heavy atom. The molecule has 0 atom stereocenters. The zero-order chi connectivity index (χ0) is 20.4. The van der Waals surface area contributed by atoms with Gasteiger partial charge in [-0.25, -0.2) is 18.4 Å². The molecule has 2 N–H and O–H groups in total. The lowest BCUT2D eigenvalue weighted by Crippen LogP contribution is -2.14. The molecule has 8 nitrogen and oxygen atoms in total. The molecule has 2 aromatic heterocycles. The van der Waals surface area contributed by atoms with E-state index in [9.17, 15) is 13.2 Å². The van der Waals surface area contributed by atoms with Crippen molar-refractivity contribution in [3.8, 4) is 5.82 Å². The van der Waals surface area contributed by atoms with Crippen molar-refractivity contribution in [3.63, 3.8) is 0 Å². The van der Waals surface area contributed by atoms with Crippen LogP contribution in [0.2, 0.25) is 0 Å². The predicted molar refractivity (Wildman–Crippen MR) is 112 cm³/mol. The molecule has 146 valence electrons. The second-order valence-electron chi connectivity index (χ2n) is 6.42. The molecule has 1 amide bonds. The maximum absolute atomic E-state index is 12.5. The van der Waals surface area contributed by atoms with E-state index in [4.69, 9.17) is 0 Å². The Hall–Kier alpha value is -3.72. The average molecular weight is 407 g/mol. The van der Waals surface area contributed by atoms with E-state index in [-0.39, 0.29) is 5.91 Å². The minimum atomic E-state index is -3.42. The molecule has 0 fully saturated rings. The molecular weight excluding hydrogens is 390 g/mol. The minimum absolute atomic E-state index is 0.320. The van der Waals surface area contributed by atoms with E-state index in [0.717, 1.165) is 17.3 Å². The maximum Gasteiger partial charge on any atom is 0.255 e. The highest BCUT2D eigenvalue weighted by Crippen LogP contribution is 2.18. The summed E-state index contributed by atoms with van der Waals surface area (Å²) in [6, 6.07) is 17.5. The molecular formula is C20H17N5O3S. The van der Waals surface area contributed by atoms with E-state index in [1.165, 1.54) is 6.07 Å². The fourth-order valence-electron chi connectivity index (χ4n) is 2.89. The number of carbonyl (C=O) groups excluding carboxylic acids is 1. The van der Waals surface area contributed by atoms with Crippen LogP contribution in [0.1, 0.15) is 10.4 Å². The molecule has 29 heavy (non-hydrogen) atoms. The van der Waals surface area contributed by atoms with E-state index in [1.54, 1.807) is 42.9 Å². The first-order valence-electron chi connectivity index (χ1n) is 8.67. The minimum Gasteiger partial charge on any atom is -0.321 e. The zero-order valence-corrected chi connectivity index (χ0v) is 16.2. The van der Waals surface area contributed by atoms with E-state index in [2.05, 4.69) is 20.0 Å². The number of nitrogens with zero attached hydrogens (tertiary/aromatic N) is 3. The number of para-hydroxylation sites is 2. The summed E-state index contributed by atoms with van der Waals surface area (Å²) in [5.74, 6) is 0.306. The van der Waals surface area contributed by atoms with Gasteiger partial charge in [-0.3, -0.25) is 14.1 Å². The van der Waals surface area contributed by atoms with Gasteiger partial charge >= 0.3 is 0 Å². The SMILES string of the molecule is CS(=O)(=O)Nc1cccc(C(=O)Nc2ccc(-n3cnc4ccccc43)nc2)c1. The third-order valence-electron chi connectivity index (χ3n) is 4.13. The van der Waals surface area contributed by atoms with Gasteiger partial charge in [-0.2, -0.15) is 0 Å². The second kappa shape index (κ2) is 7.36. The van der Waals surface area contributed by atoms with E-state index in [1.807, 2.05) is 28.8 Å². The molecule has 0 aliphatic heterocycles. The molecule has 0 bridgehead atoms. The third-order valence-corrected chi connectivity index (χ3v) is 4.74. The van der Waals surface area contributed by atoms with Crippen LogP contribution >= 0.6 is 0 Å².